The van der Waals surface area contributed by atoms with Gasteiger partial charge in [-0.1, -0.05) is 94.7 Å². The Morgan fingerprint density at radius 3 is 2.33 bits per heavy atom. The number of nitrogens with zero attached hydrogens (tertiary/aromatic N) is 1. The number of nitrogens with one attached hydrogen (secondary N) is 1. The van der Waals surface area contributed by atoms with E-state index < -0.39 is 5.60 Å². The Hall–Kier alpha value is -1.91. The maximum absolute atomic E-state index is 13.5. The van der Waals surface area contributed by atoms with Crippen LogP contribution < -0.4 is 5.32 Å². The van der Waals surface area contributed by atoms with Crippen LogP contribution in [0.1, 0.15) is 64.9 Å². The Kier molecular flexibility index (Phi) is 7.45. The van der Waals surface area contributed by atoms with Crippen molar-refractivity contribution in [2.45, 2.75) is 70.9 Å². The third-order valence-electron chi connectivity index (χ3n) is 7.74. The highest BCUT2D eigenvalue weighted by atomic mass is 16.3. The summed E-state index contributed by atoms with van der Waals surface area (Å²) in [6.07, 6.45) is 15.2. The molecule has 0 aromatic heterocycles. The molecule has 1 heterocycles. The molecule has 0 radical (unpaired) electrons. The lowest BCUT2D eigenvalue weighted by atomic mass is 9.73. The predicted molar refractivity (Wildman–Crippen MR) is 135 cm³/mol. The molecule has 1 saturated heterocycles. The number of amides is 1. The van der Waals surface area contributed by atoms with Crippen LogP contribution in [0, 0.1) is 23.2 Å². The first-order valence-electron chi connectivity index (χ1n) is 12.9. The molecule has 2 aliphatic carbocycles. The summed E-state index contributed by atoms with van der Waals surface area (Å²) in [4.78, 5) is 16.0. The lowest BCUT2D eigenvalue weighted by Crippen LogP contribution is -2.51. The molecule has 4 nitrogen and oxygen atoms in total. The maximum atomic E-state index is 13.5. The monoisotopic (exact) mass is 450 g/mol. The highest BCUT2D eigenvalue weighted by Gasteiger charge is 2.58. The molecule has 1 aromatic rings. The molecule has 1 aromatic carbocycles. The van der Waals surface area contributed by atoms with E-state index in [0.29, 0.717) is 11.8 Å². The fourth-order valence-corrected chi connectivity index (χ4v) is 5.82. The number of carbonyl (C=O) groups excluding carboxylic acids is 1. The van der Waals surface area contributed by atoms with Gasteiger partial charge in [0.25, 0.3) is 5.91 Å². The van der Waals surface area contributed by atoms with Gasteiger partial charge in [-0.3, -0.25) is 9.69 Å². The van der Waals surface area contributed by atoms with Gasteiger partial charge in [0.1, 0.15) is 0 Å². The molecule has 0 spiro atoms. The number of benzene rings is 1. The van der Waals surface area contributed by atoms with Gasteiger partial charge in [0.15, 0.2) is 5.60 Å². The molecule has 4 heteroatoms. The average Bonchev–Trinajstić information content (AvgIpc) is 3.24. The third-order valence-corrected chi connectivity index (χ3v) is 7.74. The second kappa shape index (κ2) is 10.1. The second-order valence-electron chi connectivity index (χ2n) is 11.5. The van der Waals surface area contributed by atoms with Gasteiger partial charge in [-0.05, 0) is 42.1 Å². The highest BCUT2D eigenvalue weighted by Crippen LogP contribution is 2.47. The molecule has 0 bridgehead atoms. The zero-order valence-electron chi connectivity index (χ0n) is 20.7. The maximum Gasteiger partial charge on any atom is 0.257 e. The average molecular weight is 451 g/mol. The number of rotatable bonds is 8. The summed E-state index contributed by atoms with van der Waals surface area (Å²) in [5.41, 5.74) is -0.429. The Morgan fingerprint density at radius 2 is 1.70 bits per heavy atom. The number of allylic oxidation sites excluding steroid dienone is 3. The first-order chi connectivity index (χ1) is 15.8. The van der Waals surface area contributed by atoms with Crippen LogP contribution in [0.25, 0.3) is 0 Å². The summed E-state index contributed by atoms with van der Waals surface area (Å²) in [5, 5.41) is 15.0. The highest BCUT2D eigenvalue weighted by molar-refractivity contribution is 5.87. The largest absolute Gasteiger partial charge is 0.375 e. The number of likely N-dealkylation sites (tertiary alicyclic amines) is 1. The normalized spacial score (nSPS) is 28.2. The van der Waals surface area contributed by atoms with E-state index in [1.165, 1.54) is 6.42 Å². The van der Waals surface area contributed by atoms with Crippen LogP contribution in [0.3, 0.4) is 0 Å². The minimum Gasteiger partial charge on any atom is -0.375 e. The van der Waals surface area contributed by atoms with Gasteiger partial charge in [-0.25, -0.2) is 0 Å². The quantitative estimate of drug-likeness (QED) is 0.545. The summed E-state index contributed by atoms with van der Waals surface area (Å²) in [6.45, 7) is 9.70. The zero-order valence-corrected chi connectivity index (χ0v) is 20.7. The van der Waals surface area contributed by atoms with Crippen LogP contribution in [0.15, 0.2) is 54.6 Å². The molecule has 180 valence electrons. The van der Waals surface area contributed by atoms with Crippen molar-refractivity contribution < 1.29 is 9.90 Å². The summed E-state index contributed by atoms with van der Waals surface area (Å²) in [5.74, 6) is 0.863. The summed E-state index contributed by atoms with van der Waals surface area (Å²) in [7, 11) is 0. The fraction of sp³-hybridized carbons (Fsp3) is 0.621. The van der Waals surface area contributed by atoms with Crippen LogP contribution in [-0.4, -0.2) is 41.6 Å². The van der Waals surface area contributed by atoms with Gasteiger partial charge in [-0.2, -0.15) is 0 Å². The molecule has 3 unspecified atom stereocenters. The SMILES string of the molecule is CC(C)(C)/C=C/C/C=C/CN1CC2C(C1)C2NC(=O)C(O)(c1ccccc1)C1CCCCC1. The summed E-state index contributed by atoms with van der Waals surface area (Å²) in [6, 6.07) is 9.82. The van der Waals surface area contributed by atoms with Crippen molar-refractivity contribution in [1.82, 2.24) is 10.2 Å². The number of hydrogen-bond acceptors (Lipinski definition) is 3. The molecule has 3 aliphatic rings. The van der Waals surface area contributed by atoms with E-state index in [1.54, 1.807) is 0 Å². The van der Waals surface area contributed by atoms with Gasteiger partial charge in [0, 0.05) is 31.6 Å². The Labute approximate surface area is 200 Å². The number of hydrogen-bond donors (Lipinski definition) is 2. The van der Waals surface area contributed by atoms with Crippen molar-refractivity contribution in [2.24, 2.45) is 23.2 Å². The fourth-order valence-electron chi connectivity index (χ4n) is 5.82. The van der Waals surface area contributed by atoms with Gasteiger partial charge in [0.05, 0.1) is 0 Å². The van der Waals surface area contributed by atoms with E-state index in [4.69, 9.17) is 0 Å². The van der Waals surface area contributed by atoms with E-state index in [0.717, 1.165) is 57.3 Å². The lowest BCUT2D eigenvalue weighted by molar-refractivity contribution is -0.149. The van der Waals surface area contributed by atoms with E-state index in [1.807, 2.05) is 30.3 Å². The van der Waals surface area contributed by atoms with Crippen molar-refractivity contribution in [3.8, 4) is 0 Å². The van der Waals surface area contributed by atoms with E-state index in [9.17, 15) is 9.90 Å². The molecule has 1 aliphatic heterocycles. The zero-order chi connectivity index (χ0) is 23.5. The molecular formula is C29H42N2O2. The Morgan fingerprint density at radius 1 is 1.03 bits per heavy atom. The standard InChI is InChI=1S/C29H42N2O2/c1-28(2,3)18-12-4-5-13-19-31-20-24-25(21-31)26(24)30-27(32)29(33,22-14-8-6-9-15-22)23-16-10-7-11-17-23/h5-6,8-9,12-15,18,23-26,33H,4,7,10-11,16-17,19-21H2,1-3H3,(H,30,32)/b13-5+,18-12+. The molecular weight excluding hydrogens is 408 g/mol. The Bertz CT molecular complexity index is 838. The molecule has 4 rings (SSSR count). The summed E-state index contributed by atoms with van der Waals surface area (Å²) < 4.78 is 0. The number of piperidine rings is 1. The first-order valence-corrected chi connectivity index (χ1v) is 12.9. The molecule has 33 heavy (non-hydrogen) atoms. The molecule has 3 fully saturated rings. The second-order valence-corrected chi connectivity index (χ2v) is 11.5. The van der Waals surface area contributed by atoms with E-state index in [-0.39, 0.29) is 23.3 Å². The number of fused-ring (bicyclic) bond motifs is 1. The van der Waals surface area contributed by atoms with Crippen molar-refractivity contribution in [2.75, 3.05) is 19.6 Å². The van der Waals surface area contributed by atoms with Crippen LogP contribution in [0.5, 0.6) is 0 Å². The van der Waals surface area contributed by atoms with Gasteiger partial charge >= 0.3 is 0 Å². The third kappa shape index (κ3) is 5.78. The lowest BCUT2D eigenvalue weighted by Gasteiger charge is -2.38. The van der Waals surface area contributed by atoms with E-state index in [2.05, 4.69) is 55.3 Å². The molecule has 1 amide bonds. The molecule has 2 saturated carbocycles. The van der Waals surface area contributed by atoms with Crippen LogP contribution in [0.2, 0.25) is 0 Å². The van der Waals surface area contributed by atoms with E-state index >= 15 is 0 Å². The number of carbonyl (C=O) groups is 1. The smallest absolute Gasteiger partial charge is 0.257 e. The van der Waals surface area contributed by atoms with Gasteiger partial charge in [0.2, 0.25) is 0 Å². The Balaban J connectivity index is 1.29. The minimum absolute atomic E-state index is 0.00112. The van der Waals surface area contributed by atoms with Crippen molar-refractivity contribution in [3.05, 3.63) is 60.2 Å². The predicted octanol–water partition coefficient (Wildman–Crippen LogP) is 5.05. The van der Waals surface area contributed by atoms with Crippen LogP contribution in [-0.2, 0) is 10.4 Å². The number of aliphatic hydroxyl groups is 1. The van der Waals surface area contributed by atoms with Gasteiger partial charge in [-0.15, -0.1) is 0 Å². The van der Waals surface area contributed by atoms with Gasteiger partial charge < -0.3 is 10.4 Å². The van der Waals surface area contributed by atoms with Crippen molar-refractivity contribution in [3.63, 3.8) is 0 Å². The first kappa shape index (κ1) is 24.2. The molecule has 3 atom stereocenters. The van der Waals surface area contributed by atoms with Crippen molar-refractivity contribution >= 4 is 5.91 Å². The van der Waals surface area contributed by atoms with Crippen molar-refractivity contribution in [1.29, 1.82) is 0 Å². The minimum atomic E-state index is -1.42. The topological polar surface area (TPSA) is 52.6 Å². The molecule has 2 N–H and O–H groups in total. The van der Waals surface area contributed by atoms with Crippen LogP contribution >= 0.6 is 0 Å². The summed E-state index contributed by atoms with van der Waals surface area (Å²) >= 11 is 0. The van der Waals surface area contributed by atoms with Crippen LogP contribution in [0.4, 0.5) is 0 Å².